The molecule has 0 spiro atoms. The average molecular weight is 224 g/mol. The zero-order valence-corrected chi connectivity index (χ0v) is 9.99. The van der Waals surface area contributed by atoms with Crippen LogP contribution in [0, 0.1) is 0 Å². The Morgan fingerprint density at radius 1 is 1.31 bits per heavy atom. The van der Waals surface area contributed by atoms with E-state index < -0.39 is 0 Å². The van der Waals surface area contributed by atoms with Gasteiger partial charge < -0.3 is 15.8 Å². The van der Waals surface area contributed by atoms with Gasteiger partial charge in [0, 0.05) is 12.6 Å². The lowest BCUT2D eigenvalue weighted by molar-refractivity contribution is 0.327. The van der Waals surface area contributed by atoms with Gasteiger partial charge in [-0.1, -0.05) is 19.8 Å². The molecule has 0 unspecified atom stereocenters. The molecule has 0 atom stereocenters. The van der Waals surface area contributed by atoms with E-state index in [2.05, 4.69) is 22.2 Å². The van der Waals surface area contributed by atoms with Crippen LogP contribution in [-0.4, -0.2) is 23.1 Å². The van der Waals surface area contributed by atoms with Crippen molar-refractivity contribution in [2.75, 3.05) is 24.2 Å². The van der Waals surface area contributed by atoms with Crippen molar-refractivity contribution >= 4 is 11.8 Å². The molecule has 0 fully saturated rings. The van der Waals surface area contributed by atoms with Crippen LogP contribution in [-0.2, 0) is 0 Å². The van der Waals surface area contributed by atoms with Crippen molar-refractivity contribution in [3.8, 4) is 5.88 Å². The van der Waals surface area contributed by atoms with Gasteiger partial charge in [-0.05, 0) is 13.3 Å². The van der Waals surface area contributed by atoms with E-state index in [1.54, 1.807) is 6.07 Å². The van der Waals surface area contributed by atoms with E-state index in [4.69, 9.17) is 10.5 Å². The third-order valence-electron chi connectivity index (χ3n) is 2.10. The number of nitrogens with two attached hydrogens (primary N) is 1. The maximum atomic E-state index is 5.58. The van der Waals surface area contributed by atoms with Gasteiger partial charge in [0.05, 0.1) is 6.61 Å². The zero-order chi connectivity index (χ0) is 11.8. The summed E-state index contributed by atoms with van der Waals surface area (Å²) in [6.07, 6.45) is 3.55. The van der Waals surface area contributed by atoms with E-state index in [9.17, 15) is 0 Å². The summed E-state index contributed by atoms with van der Waals surface area (Å²) in [6.45, 7) is 5.56. The van der Waals surface area contributed by atoms with Crippen molar-refractivity contribution in [3.63, 3.8) is 0 Å². The standard InChI is InChI=1S/C11H20N4O/c1-3-5-6-7-13-9-8-10(16-4-2)15-11(12)14-9/h8H,3-7H2,1-2H3,(H3,12,13,14,15). The second kappa shape index (κ2) is 6.87. The fourth-order valence-corrected chi connectivity index (χ4v) is 1.35. The Bertz CT molecular complexity index is 317. The minimum absolute atomic E-state index is 0.240. The van der Waals surface area contributed by atoms with Crippen LogP contribution >= 0.6 is 0 Å². The summed E-state index contributed by atoms with van der Waals surface area (Å²) in [7, 11) is 0. The molecule has 0 aliphatic heterocycles. The van der Waals surface area contributed by atoms with Gasteiger partial charge in [-0.3, -0.25) is 0 Å². The first-order valence-corrected chi connectivity index (χ1v) is 5.77. The third kappa shape index (κ3) is 4.33. The van der Waals surface area contributed by atoms with Gasteiger partial charge >= 0.3 is 0 Å². The van der Waals surface area contributed by atoms with Crippen LogP contribution < -0.4 is 15.8 Å². The van der Waals surface area contributed by atoms with Crippen molar-refractivity contribution < 1.29 is 4.74 Å². The lowest BCUT2D eigenvalue weighted by Gasteiger charge is -2.08. The van der Waals surface area contributed by atoms with Gasteiger partial charge in [-0.15, -0.1) is 0 Å². The monoisotopic (exact) mass is 224 g/mol. The molecule has 0 aliphatic rings. The lowest BCUT2D eigenvalue weighted by Crippen LogP contribution is -2.07. The highest BCUT2D eigenvalue weighted by Crippen LogP contribution is 2.14. The van der Waals surface area contributed by atoms with Gasteiger partial charge in [-0.25, -0.2) is 0 Å². The Morgan fingerprint density at radius 3 is 2.81 bits per heavy atom. The number of hydrogen-bond acceptors (Lipinski definition) is 5. The minimum atomic E-state index is 0.240. The minimum Gasteiger partial charge on any atom is -0.478 e. The van der Waals surface area contributed by atoms with Gasteiger partial charge in [0.25, 0.3) is 0 Å². The van der Waals surface area contributed by atoms with Crippen LogP contribution in [0.15, 0.2) is 6.07 Å². The average Bonchev–Trinajstić information content (AvgIpc) is 2.24. The van der Waals surface area contributed by atoms with Crippen molar-refractivity contribution in [2.24, 2.45) is 0 Å². The number of nitrogen functional groups attached to an aromatic ring is 1. The van der Waals surface area contributed by atoms with Gasteiger partial charge in [0.2, 0.25) is 11.8 Å². The van der Waals surface area contributed by atoms with Crippen LogP contribution in [0.4, 0.5) is 11.8 Å². The van der Waals surface area contributed by atoms with Crippen LogP contribution in [0.2, 0.25) is 0 Å². The number of nitrogens with zero attached hydrogens (tertiary/aromatic N) is 2. The van der Waals surface area contributed by atoms with E-state index in [-0.39, 0.29) is 5.95 Å². The first-order valence-electron chi connectivity index (χ1n) is 5.77. The second-order valence-electron chi connectivity index (χ2n) is 3.52. The van der Waals surface area contributed by atoms with Crippen LogP contribution in [0.3, 0.4) is 0 Å². The number of nitrogens with one attached hydrogen (secondary N) is 1. The van der Waals surface area contributed by atoms with E-state index in [1.807, 2.05) is 6.92 Å². The summed E-state index contributed by atoms with van der Waals surface area (Å²) in [4.78, 5) is 8.06. The fourth-order valence-electron chi connectivity index (χ4n) is 1.35. The van der Waals surface area contributed by atoms with E-state index in [1.165, 1.54) is 12.8 Å². The Labute approximate surface area is 96.4 Å². The highest BCUT2D eigenvalue weighted by Gasteiger charge is 2.02. The number of rotatable bonds is 7. The van der Waals surface area contributed by atoms with Gasteiger partial charge in [0.1, 0.15) is 5.82 Å². The number of aromatic nitrogens is 2. The fraction of sp³-hybridized carbons (Fsp3) is 0.636. The molecule has 0 amide bonds. The predicted octanol–water partition coefficient (Wildman–Crippen LogP) is 2.06. The van der Waals surface area contributed by atoms with Gasteiger partial charge in [-0.2, -0.15) is 9.97 Å². The zero-order valence-electron chi connectivity index (χ0n) is 9.99. The van der Waals surface area contributed by atoms with E-state index in [0.717, 1.165) is 18.8 Å². The Hall–Kier alpha value is -1.52. The molecule has 0 saturated carbocycles. The summed E-state index contributed by atoms with van der Waals surface area (Å²) in [6, 6.07) is 1.77. The number of ether oxygens (including phenoxy) is 1. The number of hydrogen-bond donors (Lipinski definition) is 2. The summed E-state index contributed by atoms with van der Waals surface area (Å²) in [5.74, 6) is 1.49. The second-order valence-corrected chi connectivity index (χ2v) is 3.52. The highest BCUT2D eigenvalue weighted by atomic mass is 16.5. The van der Waals surface area contributed by atoms with Crippen LogP contribution in [0.25, 0.3) is 0 Å². The number of unbranched alkanes of at least 4 members (excludes halogenated alkanes) is 2. The Kier molecular flexibility index (Phi) is 5.39. The molecule has 0 saturated heterocycles. The quantitative estimate of drug-likeness (QED) is 0.693. The molecule has 5 heteroatoms. The van der Waals surface area contributed by atoms with Gasteiger partial charge in [0.15, 0.2) is 0 Å². The maximum Gasteiger partial charge on any atom is 0.225 e. The van der Waals surface area contributed by atoms with Crippen molar-refractivity contribution in [1.29, 1.82) is 0 Å². The normalized spacial score (nSPS) is 10.1. The molecule has 5 nitrogen and oxygen atoms in total. The molecule has 0 aromatic carbocycles. The largest absolute Gasteiger partial charge is 0.478 e. The highest BCUT2D eigenvalue weighted by molar-refractivity contribution is 5.42. The first-order chi connectivity index (χ1) is 7.76. The molecule has 1 rings (SSSR count). The SMILES string of the molecule is CCCCCNc1cc(OCC)nc(N)n1. The first kappa shape index (κ1) is 12.5. The third-order valence-corrected chi connectivity index (χ3v) is 2.10. The van der Waals surface area contributed by atoms with Crippen LogP contribution in [0.5, 0.6) is 5.88 Å². The van der Waals surface area contributed by atoms with Crippen molar-refractivity contribution in [1.82, 2.24) is 9.97 Å². The topological polar surface area (TPSA) is 73.1 Å². The molecule has 90 valence electrons. The summed E-state index contributed by atoms with van der Waals surface area (Å²) < 4.78 is 5.28. The van der Waals surface area contributed by atoms with Crippen LogP contribution in [0.1, 0.15) is 33.1 Å². The lowest BCUT2D eigenvalue weighted by atomic mass is 10.2. The summed E-state index contributed by atoms with van der Waals surface area (Å²) in [5, 5.41) is 3.21. The molecule has 1 aromatic rings. The molecule has 0 bridgehead atoms. The van der Waals surface area contributed by atoms with Crippen molar-refractivity contribution in [2.45, 2.75) is 33.1 Å². The molecular formula is C11H20N4O. The maximum absolute atomic E-state index is 5.58. The Morgan fingerprint density at radius 2 is 2.12 bits per heavy atom. The smallest absolute Gasteiger partial charge is 0.225 e. The van der Waals surface area contributed by atoms with E-state index >= 15 is 0 Å². The summed E-state index contributed by atoms with van der Waals surface area (Å²) in [5.41, 5.74) is 5.58. The van der Waals surface area contributed by atoms with E-state index in [0.29, 0.717) is 12.5 Å². The van der Waals surface area contributed by atoms with Crippen molar-refractivity contribution in [3.05, 3.63) is 6.07 Å². The molecule has 0 radical (unpaired) electrons. The molecule has 0 aliphatic carbocycles. The molecular weight excluding hydrogens is 204 g/mol. The predicted molar refractivity (Wildman–Crippen MR) is 65.6 cm³/mol. The number of anilines is 2. The molecule has 3 N–H and O–H groups in total. The molecule has 16 heavy (non-hydrogen) atoms. The summed E-state index contributed by atoms with van der Waals surface area (Å²) >= 11 is 0. The Balaban J connectivity index is 2.51. The molecule has 1 heterocycles. The molecule has 1 aromatic heterocycles.